The Morgan fingerprint density at radius 2 is 1.75 bits per heavy atom. The molecule has 0 saturated heterocycles. The van der Waals surface area contributed by atoms with Crippen molar-refractivity contribution >= 4 is 33.2 Å². The summed E-state index contributed by atoms with van der Waals surface area (Å²) in [7, 11) is -3.73. The third-order valence-electron chi connectivity index (χ3n) is 2.61. The zero-order chi connectivity index (χ0) is 14.8. The highest BCUT2D eigenvalue weighted by molar-refractivity contribution is 7.89. The van der Waals surface area contributed by atoms with E-state index in [1.807, 2.05) is 0 Å². The second-order valence-electron chi connectivity index (χ2n) is 4.05. The van der Waals surface area contributed by atoms with E-state index in [2.05, 4.69) is 14.7 Å². The van der Waals surface area contributed by atoms with Crippen molar-refractivity contribution in [3.63, 3.8) is 0 Å². The number of sulfonamides is 1. The van der Waals surface area contributed by atoms with E-state index in [1.165, 1.54) is 0 Å². The number of rotatable bonds is 4. The fourth-order valence-corrected chi connectivity index (χ4v) is 3.14. The Balaban J connectivity index is 2.24. The minimum atomic E-state index is -3.73. The van der Waals surface area contributed by atoms with E-state index in [0.29, 0.717) is 10.6 Å². The summed E-state index contributed by atoms with van der Waals surface area (Å²) in [4.78, 5) is 7.25. The SMILES string of the molecule is CC(NS(=O)(=O)c1cnc(Cl)nc1)c1ccccc1Cl. The van der Waals surface area contributed by atoms with Crippen molar-refractivity contribution in [2.75, 3.05) is 0 Å². The van der Waals surface area contributed by atoms with E-state index in [9.17, 15) is 8.42 Å². The van der Waals surface area contributed by atoms with E-state index >= 15 is 0 Å². The molecule has 8 heteroatoms. The van der Waals surface area contributed by atoms with E-state index in [0.717, 1.165) is 12.4 Å². The van der Waals surface area contributed by atoms with Crippen LogP contribution < -0.4 is 4.72 Å². The summed E-state index contributed by atoms with van der Waals surface area (Å²) in [5.41, 5.74) is 0.688. The molecule has 0 aliphatic rings. The zero-order valence-corrected chi connectivity index (χ0v) is 12.7. The molecule has 2 aromatic rings. The van der Waals surface area contributed by atoms with Gasteiger partial charge in [-0.2, -0.15) is 0 Å². The van der Waals surface area contributed by atoms with Crippen molar-refractivity contribution in [3.05, 3.63) is 52.5 Å². The van der Waals surface area contributed by atoms with Crippen LogP contribution in [0.25, 0.3) is 0 Å². The first-order valence-electron chi connectivity index (χ1n) is 5.64. The summed E-state index contributed by atoms with van der Waals surface area (Å²) in [6.45, 7) is 1.70. The Labute approximate surface area is 127 Å². The second-order valence-corrected chi connectivity index (χ2v) is 6.51. The summed E-state index contributed by atoms with van der Waals surface area (Å²) in [5.74, 6) is 0. The molecule has 1 aromatic carbocycles. The predicted octanol–water partition coefficient (Wildman–Crippen LogP) is 2.82. The first-order chi connectivity index (χ1) is 9.40. The molecular weight excluding hydrogens is 321 g/mol. The van der Waals surface area contributed by atoms with Crippen LogP contribution in [0.3, 0.4) is 0 Å². The first kappa shape index (κ1) is 15.2. The molecule has 1 atom stereocenters. The average molecular weight is 332 g/mol. The quantitative estimate of drug-likeness (QED) is 0.874. The lowest BCUT2D eigenvalue weighted by Gasteiger charge is -2.15. The third kappa shape index (κ3) is 3.46. The number of aromatic nitrogens is 2. The van der Waals surface area contributed by atoms with Crippen molar-refractivity contribution in [1.29, 1.82) is 0 Å². The molecule has 5 nitrogen and oxygen atoms in total. The molecular formula is C12H11Cl2N3O2S. The topological polar surface area (TPSA) is 72.0 Å². The van der Waals surface area contributed by atoms with Gasteiger partial charge in [-0.05, 0) is 30.2 Å². The molecule has 1 N–H and O–H groups in total. The standard InChI is InChI=1S/C12H11Cl2N3O2S/c1-8(10-4-2-3-5-11(10)13)17-20(18,19)9-6-15-12(14)16-7-9/h2-8,17H,1H3. The summed E-state index contributed by atoms with van der Waals surface area (Å²) < 4.78 is 26.8. The van der Waals surface area contributed by atoms with E-state index < -0.39 is 16.1 Å². The summed E-state index contributed by atoms with van der Waals surface area (Å²) in [6.07, 6.45) is 2.30. The molecule has 0 spiro atoms. The molecule has 0 fully saturated rings. The van der Waals surface area contributed by atoms with E-state index in [4.69, 9.17) is 23.2 Å². The van der Waals surface area contributed by atoms with Gasteiger partial charge in [0, 0.05) is 11.1 Å². The highest BCUT2D eigenvalue weighted by Gasteiger charge is 2.20. The number of hydrogen-bond acceptors (Lipinski definition) is 4. The molecule has 1 aromatic heterocycles. The van der Waals surface area contributed by atoms with Crippen LogP contribution in [-0.2, 0) is 10.0 Å². The number of benzene rings is 1. The van der Waals surface area contributed by atoms with Crippen molar-refractivity contribution < 1.29 is 8.42 Å². The van der Waals surface area contributed by atoms with Crippen molar-refractivity contribution in [2.24, 2.45) is 0 Å². The van der Waals surface area contributed by atoms with Gasteiger partial charge in [-0.25, -0.2) is 23.1 Å². The summed E-state index contributed by atoms with van der Waals surface area (Å²) in [5, 5.41) is 0.484. The monoisotopic (exact) mass is 331 g/mol. The maximum Gasteiger partial charge on any atom is 0.244 e. The molecule has 0 amide bonds. The Morgan fingerprint density at radius 1 is 1.15 bits per heavy atom. The normalized spacial score (nSPS) is 13.2. The van der Waals surface area contributed by atoms with Crippen LogP contribution in [0.1, 0.15) is 18.5 Å². The fourth-order valence-electron chi connectivity index (χ4n) is 1.63. The van der Waals surface area contributed by atoms with Gasteiger partial charge in [0.1, 0.15) is 4.90 Å². The smallest absolute Gasteiger partial charge is 0.225 e. The zero-order valence-electron chi connectivity index (χ0n) is 10.4. The van der Waals surface area contributed by atoms with Gasteiger partial charge in [-0.15, -0.1) is 0 Å². The average Bonchev–Trinajstić information content (AvgIpc) is 2.39. The Morgan fingerprint density at radius 3 is 2.35 bits per heavy atom. The summed E-state index contributed by atoms with van der Waals surface area (Å²) in [6, 6.07) is 6.54. The van der Waals surface area contributed by atoms with Crippen LogP contribution in [0.5, 0.6) is 0 Å². The molecule has 0 saturated carbocycles. The first-order valence-corrected chi connectivity index (χ1v) is 7.88. The molecule has 0 bridgehead atoms. The third-order valence-corrected chi connectivity index (χ3v) is 4.65. The maximum absolute atomic E-state index is 12.2. The van der Waals surface area contributed by atoms with Crippen LogP contribution in [0.15, 0.2) is 41.6 Å². The molecule has 0 aliphatic carbocycles. The van der Waals surface area contributed by atoms with E-state index in [1.54, 1.807) is 31.2 Å². The lowest BCUT2D eigenvalue weighted by molar-refractivity contribution is 0.566. The molecule has 0 aliphatic heterocycles. The van der Waals surface area contributed by atoms with Gasteiger partial charge in [0.25, 0.3) is 0 Å². The molecule has 1 heterocycles. The number of nitrogens with zero attached hydrogens (tertiary/aromatic N) is 2. The highest BCUT2D eigenvalue weighted by atomic mass is 35.5. The number of nitrogens with one attached hydrogen (secondary N) is 1. The van der Waals surface area contributed by atoms with Crippen LogP contribution in [-0.4, -0.2) is 18.4 Å². The van der Waals surface area contributed by atoms with E-state index in [-0.39, 0.29) is 10.2 Å². The van der Waals surface area contributed by atoms with Gasteiger partial charge >= 0.3 is 0 Å². The molecule has 2 rings (SSSR count). The largest absolute Gasteiger partial charge is 0.244 e. The predicted molar refractivity (Wildman–Crippen MR) is 77.2 cm³/mol. The van der Waals surface area contributed by atoms with Gasteiger partial charge in [-0.3, -0.25) is 0 Å². The Bertz CT molecular complexity index is 705. The highest BCUT2D eigenvalue weighted by Crippen LogP contribution is 2.23. The molecule has 20 heavy (non-hydrogen) atoms. The van der Waals surface area contributed by atoms with Crippen LogP contribution in [0.2, 0.25) is 10.3 Å². The second kappa shape index (κ2) is 6.05. The molecule has 1 unspecified atom stereocenters. The number of hydrogen-bond donors (Lipinski definition) is 1. The Hall–Kier alpha value is -1.21. The lowest BCUT2D eigenvalue weighted by Crippen LogP contribution is -2.27. The minimum absolute atomic E-state index is 0.0110. The van der Waals surface area contributed by atoms with Crippen molar-refractivity contribution in [1.82, 2.24) is 14.7 Å². The van der Waals surface area contributed by atoms with Gasteiger partial charge in [0.05, 0.1) is 12.4 Å². The van der Waals surface area contributed by atoms with Gasteiger partial charge in [0.15, 0.2) is 0 Å². The molecule has 106 valence electrons. The van der Waals surface area contributed by atoms with Crippen LogP contribution in [0.4, 0.5) is 0 Å². The van der Waals surface area contributed by atoms with Crippen LogP contribution >= 0.6 is 23.2 Å². The fraction of sp³-hybridized carbons (Fsp3) is 0.167. The lowest BCUT2D eigenvalue weighted by atomic mass is 10.1. The van der Waals surface area contributed by atoms with Crippen molar-refractivity contribution in [2.45, 2.75) is 17.9 Å². The summed E-state index contributed by atoms with van der Waals surface area (Å²) >= 11 is 11.6. The Kier molecular flexibility index (Phi) is 4.59. The minimum Gasteiger partial charge on any atom is -0.225 e. The van der Waals surface area contributed by atoms with Gasteiger partial charge in [0.2, 0.25) is 15.3 Å². The van der Waals surface area contributed by atoms with Crippen molar-refractivity contribution in [3.8, 4) is 0 Å². The maximum atomic E-state index is 12.2. The van der Waals surface area contributed by atoms with Gasteiger partial charge in [-0.1, -0.05) is 29.8 Å². The van der Waals surface area contributed by atoms with Crippen LogP contribution in [0, 0.1) is 0 Å². The molecule has 0 radical (unpaired) electrons. The van der Waals surface area contributed by atoms with Gasteiger partial charge < -0.3 is 0 Å². The number of halogens is 2.